The van der Waals surface area contributed by atoms with E-state index in [2.05, 4.69) is 63.2 Å². The molecule has 6 rings (SSSR count). The Labute approximate surface area is 258 Å². The van der Waals surface area contributed by atoms with Gasteiger partial charge in [0.2, 0.25) is 0 Å². The number of benzene rings is 4. The minimum absolute atomic E-state index is 0.0731. The second kappa shape index (κ2) is 13.5. The summed E-state index contributed by atoms with van der Waals surface area (Å²) in [5.74, 6) is -0.198. The molecular formula is C38H39FO3S. The minimum atomic E-state index is -0.270. The lowest BCUT2D eigenvalue weighted by molar-refractivity contribution is -0.211. The van der Waals surface area contributed by atoms with E-state index in [1.807, 2.05) is 42.5 Å². The fraction of sp³-hybridized carbons (Fsp3) is 0.316. The molecular weight excluding hydrogens is 555 g/mol. The van der Waals surface area contributed by atoms with Gasteiger partial charge in [-0.1, -0.05) is 79.7 Å². The molecule has 0 bridgehead atoms. The maximum atomic E-state index is 13.9. The number of thiophene rings is 1. The Kier molecular flexibility index (Phi) is 9.34. The molecule has 0 saturated carbocycles. The number of rotatable bonds is 10. The van der Waals surface area contributed by atoms with Crippen LogP contribution < -0.4 is 0 Å². The van der Waals surface area contributed by atoms with Gasteiger partial charge in [-0.05, 0) is 83.3 Å². The zero-order valence-electron chi connectivity index (χ0n) is 25.1. The molecule has 0 N–H and O–H groups in total. The van der Waals surface area contributed by atoms with Crippen LogP contribution in [0.15, 0.2) is 97.1 Å². The van der Waals surface area contributed by atoms with Crippen LogP contribution in [-0.2, 0) is 33.8 Å². The van der Waals surface area contributed by atoms with Crippen LogP contribution in [0, 0.1) is 19.7 Å². The van der Waals surface area contributed by atoms with E-state index in [1.165, 1.54) is 27.6 Å². The van der Waals surface area contributed by atoms with Crippen molar-refractivity contribution >= 4 is 21.4 Å². The molecule has 1 saturated heterocycles. The zero-order valence-corrected chi connectivity index (χ0v) is 25.9. The van der Waals surface area contributed by atoms with Crippen LogP contribution in [0.5, 0.6) is 0 Å². The highest BCUT2D eigenvalue weighted by molar-refractivity contribution is 7.19. The number of aryl methyl sites for hydroxylation is 2. The molecule has 5 heteroatoms. The van der Waals surface area contributed by atoms with Gasteiger partial charge in [0.25, 0.3) is 0 Å². The van der Waals surface area contributed by atoms with Crippen LogP contribution in [-0.4, -0.2) is 18.3 Å². The Balaban J connectivity index is 1.32. The van der Waals surface area contributed by atoms with Crippen molar-refractivity contribution in [2.75, 3.05) is 0 Å². The number of hydrogen-bond acceptors (Lipinski definition) is 4. The van der Waals surface area contributed by atoms with E-state index >= 15 is 0 Å². The summed E-state index contributed by atoms with van der Waals surface area (Å²) < 4.78 is 35.2. The van der Waals surface area contributed by atoms with Gasteiger partial charge in [0.1, 0.15) is 18.0 Å². The minimum Gasteiger partial charge on any atom is -0.371 e. The Morgan fingerprint density at radius 1 is 0.814 bits per heavy atom. The number of halogens is 1. The average Bonchev–Trinajstić information content (AvgIpc) is 3.42. The van der Waals surface area contributed by atoms with Crippen LogP contribution in [0.25, 0.3) is 10.1 Å². The van der Waals surface area contributed by atoms with E-state index in [0.29, 0.717) is 13.2 Å². The van der Waals surface area contributed by atoms with Crippen LogP contribution in [0.3, 0.4) is 0 Å². The topological polar surface area (TPSA) is 27.7 Å². The second-order valence-electron chi connectivity index (χ2n) is 11.6. The second-order valence-corrected chi connectivity index (χ2v) is 12.8. The molecule has 43 heavy (non-hydrogen) atoms. The zero-order chi connectivity index (χ0) is 29.8. The Morgan fingerprint density at radius 2 is 1.51 bits per heavy atom. The van der Waals surface area contributed by atoms with Crippen molar-refractivity contribution in [3.63, 3.8) is 0 Å². The Bertz CT molecular complexity index is 1650. The van der Waals surface area contributed by atoms with Gasteiger partial charge in [-0.3, -0.25) is 0 Å². The third-order valence-corrected chi connectivity index (χ3v) is 9.59. The summed E-state index contributed by atoms with van der Waals surface area (Å²) in [6.07, 6.45) is 1.90. The summed E-state index contributed by atoms with van der Waals surface area (Å²) in [6, 6.07) is 32.4. The molecule has 4 atom stereocenters. The predicted molar refractivity (Wildman–Crippen MR) is 173 cm³/mol. The first kappa shape index (κ1) is 29.7. The molecule has 0 amide bonds. The standard InChI is InChI=1S/C38H39FO3S/c1-4-32-22-35(40-23-27-11-7-5-8-12-27)38(41-24-28-13-9-6-10-14-28)37(42-32)34-21-29(25(2)17-26(34)3)19-33-20-30-18-31(39)15-16-36(30)43-33/h5-18,20-21,32,35,37-38H,4,19,22-24H2,1-3H3/t32-,35+,37+,38-/m1/s1. The van der Waals surface area contributed by atoms with Crippen molar-refractivity contribution in [2.45, 2.75) is 77.7 Å². The van der Waals surface area contributed by atoms with Crippen LogP contribution in [0.2, 0.25) is 0 Å². The molecule has 3 nitrogen and oxygen atoms in total. The summed E-state index contributed by atoms with van der Waals surface area (Å²) in [4.78, 5) is 1.22. The molecule has 5 aromatic rings. The van der Waals surface area contributed by atoms with Gasteiger partial charge in [0.15, 0.2) is 0 Å². The van der Waals surface area contributed by atoms with Gasteiger partial charge in [-0.15, -0.1) is 11.3 Å². The molecule has 222 valence electrons. The van der Waals surface area contributed by atoms with Gasteiger partial charge in [0.05, 0.1) is 25.4 Å². The van der Waals surface area contributed by atoms with E-state index in [1.54, 1.807) is 17.4 Å². The average molecular weight is 595 g/mol. The maximum Gasteiger partial charge on any atom is 0.123 e. The molecule has 0 aliphatic carbocycles. The monoisotopic (exact) mass is 594 g/mol. The fourth-order valence-electron chi connectivity index (χ4n) is 6.10. The van der Waals surface area contributed by atoms with Crippen molar-refractivity contribution in [3.8, 4) is 0 Å². The summed E-state index contributed by atoms with van der Waals surface area (Å²) in [5, 5.41) is 0.958. The summed E-state index contributed by atoms with van der Waals surface area (Å²) in [6.45, 7) is 7.54. The first-order valence-corrected chi connectivity index (χ1v) is 16.0. The summed E-state index contributed by atoms with van der Waals surface area (Å²) >= 11 is 1.73. The first-order valence-electron chi connectivity index (χ1n) is 15.2. The van der Waals surface area contributed by atoms with Gasteiger partial charge in [-0.25, -0.2) is 4.39 Å². The molecule has 0 radical (unpaired) electrons. The van der Waals surface area contributed by atoms with Crippen molar-refractivity contribution < 1.29 is 18.6 Å². The molecule has 0 spiro atoms. The Hall–Kier alpha value is -3.35. The Morgan fingerprint density at radius 3 is 2.21 bits per heavy atom. The van der Waals surface area contributed by atoms with E-state index in [9.17, 15) is 4.39 Å². The van der Waals surface area contributed by atoms with E-state index < -0.39 is 0 Å². The SMILES string of the molecule is CC[C@@H]1C[C@H](OCc2ccccc2)[C@@H](OCc2ccccc2)[C@H](c2cc(Cc3cc4cc(F)ccc4s3)c(C)cc2C)O1. The quantitative estimate of drug-likeness (QED) is 0.161. The third-order valence-electron chi connectivity index (χ3n) is 8.47. The lowest BCUT2D eigenvalue weighted by Crippen LogP contribution is -2.46. The molecule has 2 heterocycles. The van der Waals surface area contributed by atoms with E-state index in [0.717, 1.165) is 46.0 Å². The maximum absolute atomic E-state index is 13.9. The normalized spacial score (nSPS) is 20.5. The van der Waals surface area contributed by atoms with Gasteiger partial charge in [-0.2, -0.15) is 0 Å². The highest BCUT2D eigenvalue weighted by atomic mass is 32.1. The summed E-state index contributed by atoms with van der Waals surface area (Å²) in [7, 11) is 0. The fourth-order valence-corrected chi connectivity index (χ4v) is 7.17. The molecule has 1 aromatic heterocycles. The van der Waals surface area contributed by atoms with Gasteiger partial charge >= 0.3 is 0 Å². The van der Waals surface area contributed by atoms with Crippen LogP contribution in [0.4, 0.5) is 4.39 Å². The lowest BCUT2D eigenvalue weighted by atomic mass is 9.87. The molecule has 1 fully saturated rings. The molecule has 0 unspecified atom stereocenters. The highest BCUT2D eigenvalue weighted by Crippen LogP contribution is 2.40. The van der Waals surface area contributed by atoms with E-state index in [4.69, 9.17) is 14.2 Å². The van der Waals surface area contributed by atoms with Crippen LogP contribution >= 0.6 is 11.3 Å². The van der Waals surface area contributed by atoms with Crippen molar-refractivity contribution in [1.82, 2.24) is 0 Å². The summed E-state index contributed by atoms with van der Waals surface area (Å²) in [5.41, 5.74) is 7.11. The lowest BCUT2D eigenvalue weighted by Gasteiger charge is -2.42. The van der Waals surface area contributed by atoms with E-state index in [-0.39, 0.29) is 30.2 Å². The number of fused-ring (bicyclic) bond motifs is 1. The number of hydrogen-bond donors (Lipinski definition) is 0. The van der Waals surface area contributed by atoms with Gasteiger partial charge in [0, 0.05) is 22.4 Å². The highest BCUT2D eigenvalue weighted by Gasteiger charge is 2.41. The molecule has 4 aromatic carbocycles. The van der Waals surface area contributed by atoms with Crippen molar-refractivity contribution in [1.29, 1.82) is 0 Å². The van der Waals surface area contributed by atoms with Crippen molar-refractivity contribution in [3.05, 3.63) is 141 Å². The smallest absolute Gasteiger partial charge is 0.123 e. The number of ether oxygens (including phenoxy) is 3. The van der Waals surface area contributed by atoms with Gasteiger partial charge < -0.3 is 14.2 Å². The predicted octanol–water partition coefficient (Wildman–Crippen LogP) is 9.66. The molecule has 1 aliphatic heterocycles. The largest absolute Gasteiger partial charge is 0.371 e. The first-order chi connectivity index (χ1) is 21.0. The molecule has 1 aliphatic rings. The van der Waals surface area contributed by atoms with Crippen LogP contribution in [0.1, 0.15) is 64.1 Å². The third kappa shape index (κ3) is 7.08. The van der Waals surface area contributed by atoms with Crippen molar-refractivity contribution in [2.24, 2.45) is 0 Å².